The molecule has 0 atom stereocenters. The van der Waals surface area contributed by atoms with E-state index in [1.54, 1.807) is 0 Å². The third kappa shape index (κ3) is 2.85. The summed E-state index contributed by atoms with van der Waals surface area (Å²) in [6, 6.07) is 33.1. The van der Waals surface area contributed by atoms with Gasteiger partial charge in [-0.25, -0.2) is 4.68 Å². The molecule has 1 aromatic heterocycles. The summed E-state index contributed by atoms with van der Waals surface area (Å²) in [6.45, 7) is 0. The summed E-state index contributed by atoms with van der Waals surface area (Å²) in [5, 5.41) is 5.39. The van der Waals surface area contributed by atoms with Crippen molar-refractivity contribution in [3.05, 3.63) is 123 Å². The molecule has 128 valence electrons. The minimum atomic E-state index is -0.649. The largest absolute Gasteiger partial charge is 0.233 e. The number of hydrogen-bond acceptors (Lipinski definition) is 1. The lowest BCUT2D eigenvalue weighted by atomic mass is 9.77. The van der Waals surface area contributed by atoms with Crippen LogP contribution < -0.4 is 0 Å². The number of aromatic nitrogens is 2. The van der Waals surface area contributed by atoms with E-state index in [9.17, 15) is 0 Å². The molecule has 4 heteroatoms. The Hall–Kier alpha value is -2.11. The van der Waals surface area contributed by atoms with Gasteiger partial charge in [0.25, 0.3) is 0 Å². The molecule has 0 aliphatic carbocycles. The fourth-order valence-electron chi connectivity index (χ4n) is 3.47. The highest BCUT2D eigenvalue weighted by molar-refractivity contribution is 14.1. The number of halogens is 2. The van der Waals surface area contributed by atoms with Crippen LogP contribution in [0.15, 0.2) is 97.1 Å². The highest BCUT2D eigenvalue weighted by atomic mass is 127. The van der Waals surface area contributed by atoms with Crippen LogP contribution in [0.4, 0.5) is 0 Å². The molecule has 0 amide bonds. The minimum Gasteiger partial charge on any atom is -0.233 e. The van der Waals surface area contributed by atoms with E-state index in [1.807, 2.05) is 28.9 Å². The lowest BCUT2D eigenvalue weighted by molar-refractivity contribution is 0.458. The summed E-state index contributed by atoms with van der Waals surface area (Å²) in [6.07, 6.45) is 0. The summed E-state index contributed by atoms with van der Waals surface area (Å²) < 4.78 is 2.79. The average Bonchev–Trinajstić information content (AvgIpc) is 3.03. The van der Waals surface area contributed by atoms with Crippen molar-refractivity contribution in [3.63, 3.8) is 0 Å². The molecule has 0 aliphatic heterocycles. The first-order valence-corrected chi connectivity index (χ1v) is 9.76. The van der Waals surface area contributed by atoms with Gasteiger partial charge in [0.1, 0.15) is 14.4 Å². The van der Waals surface area contributed by atoms with Crippen molar-refractivity contribution < 1.29 is 0 Å². The van der Waals surface area contributed by atoms with Gasteiger partial charge < -0.3 is 0 Å². The number of rotatable bonds is 4. The van der Waals surface area contributed by atoms with Gasteiger partial charge in [-0.3, -0.25) is 0 Å². The van der Waals surface area contributed by atoms with Gasteiger partial charge in [0, 0.05) is 6.07 Å². The Morgan fingerprint density at radius 3 is 1.38 bits per heavy atom. The van der Waals surface area contributed by atoms with Gasteiger partial charge in [0.15, 0.2) is 0 Å². The second kappa shape index (κ2) is 7.25. The van der Waals surface area contributed by atoms with Crippen molar-refractivity contribution in [2.45, 2.75) is 5.54 Å². The molecule has 0 N–H and O–H groups in total. The minimum absolute atomic E-state index is 0.603. The Morgan fingerprint density at radius 2 is 1.08 bits per heavy atom. The molecule has 1 heterocycles. The summed E-state index contributed by atoms with van der Waals surface area (Å²) in [5.74, 6) is 0. The summed E-state index contributed by atoms with van der Waals surface area (Å²) in [7, 11) is 0. The van der Waals surface area contributed by atoms with Crippen LogP contribution in [0, 0.1) is 3.70 Å². The molecule has 4 rings (SSSR count). The van der Waals surface area contributed by atoms with Gasteiger partial charge in [0.05, 0.1) is 0 Å². The second-order valence-electron chi connectivity index (χ2n) is 6.01. The molecule has 0 radical (unpaired) electrons. The molecule has 0 aliphatic rings. The summed E-state index contributed by atoms with van der Waals surface area (Å²) >= 11 is 8.88. The van der Waals surface area contributed by atoms with E-state index in [0.717, 1.165) is 20.4 Å². The van der Waals surface area contributed by atoms with Gasteiger partial charge in [0.2, 0.25) is 0 Å². The lowest BCUT2D eigenvalue weighted by Crippen LogP contribution is -2.38. The van der Waals surface area contributed by atoms with E-state index in [4.69, 9.17) is 16.7 Å². The second-order valence-corrected chi connectivity index (χ2v) is 7.50. The normalized spacial score (nSPS) is 11.5. The van der Waals surface area contributed by atoms with E-state index < -0.39 is 5.54 Å². The molecule has 4 aromatic rings. The van der Waals surface area contributed by atoms with E-state index in [-0.39, 0.29) is 0 Å². The number of benzene rings is 3. The first-order valence-electron chi connectivity index (χ1n) is 8.31. The molecule has 0 saturated carbocycles. The van der Waals surface area contributed by atoms with E-state index in [0.29, 0.717) is 5.15 Å². The summed E-state index contributed by atoms with van der Waals surface area (Å²) in [4.78, 5) is 0. The van der Waals surface area contributed by atoms with Gasteiger partial charge in [-0.1, -0.05) is 103 Å². The maximum Gasteiger partial charge on any atom is 0.139 e. The molecule has 3 aromatic carbocycles. The van der Waals surface area contributed by atoms with Crippen molar-refractivity contribution in [1.29, 1.82) is 0 Å². The molecule has 0 saturated heterocycles. The maximum atomic E-state index is 6.67. The van der Waals surface area contributed by atoms with Gasteiger partial charge >= 0.3 is 0 Å². The van der Waals surface area contributed by atoms with E-state index in [1.165, 1.54) is 0 Å². The van der Waals surface area contributed by atoms with Crippen molar-refractivity contribution in [2.75, 3.05) is 0 Å². The maximum absolute atomic E-state index is 6.67. The summed E-state index contributed by atoms with van der Waals surface area (Å²) in [5.41, 5.74) is 2.68. The topological polar surface area (TPSA) is 17.8 Å². The van der Waals surface area contributed by atoms with Crippen LogP contribution in [0.25, 0.3) is 0 Å². The molecule has 0 unspecified atom stereocenters. The Labute approximate surface area is 171 Å². The van der Waals surface area contributed by atoms with Gasteiger partial charge in [-0.15, -0.1) is 0 Å². The SMILES string of the molecule is Clc1cc(I)nn1C(c1ccccc1)(c1ccccc1)c1ccccc1. The van der Waals surface area contributed by atoms with Gasteiger partial charge in [-0.05, 0) is 39.3 Å². The first kappa shape index (κ1) is 17.3. The quantitative estimate of drug-likeness (QED) is 0.265. The van der Waals surface area contributed by atoms with Crippen LogP contribution in [0.5, 0.6) is 0 Å². The zero-order chi connectivity index (χ0) is 18.0. The van der Waals surface area contributed by atoms with Crippen LogP contribution in [-0.4, -0.2) is 9.78 Å². The zero-order valence-corrected chi connectivity index (χ0v) is 16.8. The van der Waals surface area contributed by atoms with Crippen molar-refractivity contribution in [1.82, 2.24) is 9.78 Å². The molecule has 0 fully saturated rings. The van der Waals surface area contributed by atoms with Crippen LogP contribution in [0.2, 0.25) is 5.15 Å². The average molecular weight is 471 g/mol. The van der Waals surface area contributed by atoms with E-state index >= 15 is 0 Å². The smallest absolute Gasteiger partial charge is 0.139 e. The predicted molar refractivity (Wildman–Crippen MR) is 115 cm³/mol. The molecule has 0 spiro atoms. The van der Waals surface area contributed by atoms with Crippen LogP contribution in [0.1, 0.15) is 16.7 Å². The molecule has 2 nitrogen and oxygen atoms in total. The van der Waals surface area contributed by atoms with E-state index in [2.05, 4.69) is 95.4 Å². The molecule has 0 bridgehead atoms. The Kier molecular flexibility index (Phi) is 4.83. The van der Waals surface area contributed by atoms with Gasteiger partial charge in [-0.2, -0.15) is 5.10 Å². The standard InChI is InChI=1S/C22H16ClIN2/c23-20-16-21(24)25-26(20)22(17-10-4-1-5-11-17,18-12-6-2-7-13-18)19-14-8-3-9-15-19/h1-16H. The third-order valence-corrected chi connectivity index (χ3v) is 5.32. The van der Waals surface area contributed by atoms with Crippen LogP contribution >= 0.6 is 34.2 Å². The molecular formula is C22H16ClIN2. The monoisotopic (exact) mass is 470 g/mol. The Bertz CT molecular complexity index is 902. The fourth-order valence-corrected chi connectivity index (χ4v) is 4.43. The fraction of sp³-hybridized carbons (Fsp3) is 0.0455. The highest BCUT2D eigenvalue weighted by Gasteiger charge is 2.40. The van der Waals surface area contributed by atoms with Crippen LogP contribution in [0.3, 0.4) is 0 Å². The molecular weight excluding hydrogens is 455 g/mol. The third-order valence-electron chi connectivity index (χ3n) is 4.53. The predicted octanol–water partition coefficient (Wildman–Crippen LogP) is 5.98. The van der Waals surface area contributed by atoms with Crippen molar-refractivity contribution in [3.8, 4) is 0 Å². The molecule has 26 heavy (non-hydrogen) atoms. The Balaban J connectivity index is 2.16. The highest BCUT2D eigenvalue weighted by Crippen LogP contribution is 2.42. The first-order chi connectivity index (χ1) is 12.7. The Morgan fingerprint density at radius 1 is 0.692 bits per heavy atom. The number of hydrogen-bond donors (Lipinski definition) is 0. The van der Waals surface area contributed by atoms with Crippen molar-refractivity contribution >= 4 is 34.2 Å². The lowest BCUT2D eigenvalue weighted by Gasteiger charge is -2.36. The number of nitrogens with zero attached hydrogens (tertiary/aromatic N) is 2. The zero-order valence-electron chi connectivity index (χ0n) is 13.9. The van der Waals surface area contributed by atoms with Crippen molar-refractivity contribution in [2.24, 2.45) is 0 Å². The van der Waals surface area contributed by atoms with Crippen LogP contribution in [-0.2, 0) is 5.54 Å².